The van der Waals surface area contributed by atoms with Crippen molar-refractivity contribution >= 4 is 12.0 Å². The summed E-state index contributed by atoms with van der Waals surface area (Å²) in [6, 6.07) is -0.264. The maximum Gasteiger partial charge on any atom is 0.317 e. The molecule has 1 saturated heterocycles. The number of carboxylic acids is 1. The van der Waals surface area contributed by atoms with Gasteiger partial charge >= 0.3 is 12.0 Å². The quantitative estimate of drug-likeness (QED) is 0.825. The fraction of sp³-hybridized carbons (Fsp3) is 0.667. The van der Waals surface area contributed by atoms with E-state index >= 15 is 0 Å². The predicted molar refractivity (Wildman–Crippen MR) is 69.8 cm³/mol. The normalized spacial score (nSPS) is 22.6. The largest absolute Gasteiger partial charge is 0.481 e. The summed E-state index contributed by atoms with van der Waals surface area (Å²) in [5, 5.41) is 19.6. The first kappa shape index (κ1) is 14.3. The van der Waals surface area contributed by atoms with Crippen molar-refractivity contribution in [3.05, 3.63) is 12.2 Å². The van der Waals surface area contributed by atoms with Crippen molar-refractivity contribution < 1.29 is 14.7 Å². The van der Waals surface area contributed by atoms with E-state index in [-0.39, 0.29) is 19.1 Å². The second-order valence-corrected chi connectivity index (χ2v) is 5.41. The number of likely N-dealkylation sites (tertiary alicyclic amines) is 1. The molecule has 1 aromatic heterocycles. The van der Waals surface area contributed by atoms with Crippen LogP contribution in [0.2, 0.25) is 0 Å². The maximum atomic E-state index is 12.1. The van der Waals surface area contributed by atoms with Crippen molar-refractivity contribution in [3.63, 3.8) is 0 Å². The topological polar surface area (TPSA) is 100 Å². The minimum absolute atomic E-state index is 0.229. The second kappa shape index (κ2) is 5.48. The van der Waals surface area contributed by atoms with E-state index in [1.54, 1.807) is 29.8 Å². The minimum Gasteiger partial charge on any atom is -0.481 e. The van der Waals surface area contributed by atoms with Crippen LogP contribution >= 0.6 is 0 Å². The number of amides is 2. The zero-order chi connectivity index (χ0) is 14.8. The van der Waals surface area contributed by atoms with Crippen LogP contribution < -0.4 is 5.32 Å². The summed E-state index contributed by atoms with van der Waals surface area (Å²) in [4.78, 5) is 24.9. The van der Waals surface area contributed by atoms with Crippen LogP contribution in [0.15, 0.2) is 6.33 Å². The summed E-state index contributed by atoms with van der Waals surface area (Å²) in [7, 11) is 1.80. The van der Waals surface area contributed by atoms with Crippen LogP contribution in [0.3, 0.4) is 0 Å². The molecule has 2 N–H and O–H groups in total. The first-order valence-corrected chi connectivity index (χ1v) is 6.51. The predicted octanol–water partition coefficient (Wildman–Crippen LogP) is 0.211. The first-order chi connectivity index (χ1) is 9.42. The van der Waals surface area contributed by atoms with Gasteiger partial charge in [-0.05, 0) is 19.8 Å². The van der Waals surface area contributed by atoms with Gasteiger partial charge in [0.25, 0.3) is 0 Å². The molecule has 2 amide bonds. The van der Waals surface area contributed by atoms with Gasteiger partial charge in [-0.1, -0.05) is 0 Å². The highest BCUT2D eigenvalue weighted by molar-refractivity contribution is 5.78. The zero-order valence-corrected chi connectivity index (χ0v) is 11.7. The molecule has 1 aliphatic heterocycles. The van der Waals surface area contributed by atoms with Crippen molar-refractivity contribution in [2.45, 2.75) is 26.3 Å². The molecule has 1 unspecified atom stereocenters. The Bertz CT molecular complexity index is 515. The molecule has 1 fully saturated rings. The van der Waals surface area contributed by atoms with E-state index in [0.717, 1.165) is 0 Å². The Morgan fingerprint density at radius 3 is 2.90 bits per heavy atom. The van der Waals surface area contributed by atoms with Crippen molar-refractivity contribution in [3.8, 4) is 0 Å². The number of aromatic nitrogens is 3. The molecule has 110 valence electrons. The molecule has 1 aromatic rings. The zero-order valence-electron chi connectivity index (χ0n) is 11.7. The monoisotopic (exact) mass is 281 g/mol. The molecule has 0 radical (unpaired) electrons. The number of carbonyl (C=O) groups is 2. The van der Waals surface area contributed by atoms with Gasteiger partial charge in [-0.2, -0.15) is 0 Å². The van der Waals surface area contributed by atoms with Gasteiger partial charge in [-0.15, -0.1) is 10.2 Å². The number of piperidine rings is 1. The Morgan fingerprint density at radius 1 is 1.55 bits per heavy atom. The lowest BCUT2D eigenvalue weighted by Crippen LogP contribution is -2.51. The Morgan fingerprint density at radius 2 is 2.30 bits per heavy atom. The standard InChI is InChI=1S/C12H19N5O3/c1-12(10(18)19)4-3-5-17(7-12)11(20)13-6-9-15-14-8-16(9)2/h8H,3-7H2,1-2H3,(H,13,20)(H,18,19). The number of nitrogens with one attached hydrogen (secondary N) is 1. The molecule has 8 nitrogen and oxygen atoms in total. The molecule has 20 heavy (non-hydrogen) atoms. The van der Waals surface area contributed by atoms with Gasteiger partial charge < -0.3 is 19.9 Å². The number of hydrogen-bond acceptors (Lipinski definition) is 4. The van der Waals surface area contributed by atoms with Crippen LogP contribution in [-0.4, -0.2) is 49.9 Å². The average molecular weight is 281 g/mol. The van der Waals surface area contributed by atoms with Crippen molar-refractivity contribution in [1.82, 2.24) is 25.0 Å². The van der Waals surface area contributed by atoms with Gasteiger partial charge in [-0.3, -0.25) is 4.79 Å². The van der Waals surface area contributed by atoms with Crippen LogP contribution in [0.25, 0.3) is 0 Å². The number of carbonyl (C=O) groups excluding carboxylic acids is 1. The molecular weight excluding hydrogens is 262 g/mol. The van der Waals surface area contributed by atoms with E-state index in [4.69, 9.17) is 0 Å². The van der Waals surface area contributed by atoms with E-state index in [9.17, 15) is 14.7 Å². The van der Waals surface area contributed by atoms with Gasteiger partial charge in [0.2, 0.25) is 0 Å². The van der Waals surface area contributed by atoms with Gasteiger partial charge in [0.15, 0.2) is 5.82 Å². The van der Waals surface area contributed by atoms with Crippen LogP contribution in [0.4, 0.5) is 4.79 Å². The van der Waals surface area contributed by atoms with Crippen molar-refractivity contribution in [1.29, 1.82) is 0 Å². The molecule has 1 aliphatic rings. The minimum atomic E-state index is -0.861. The van der Waals surface area contributed by atoms with Gasteiger partial charge in [0, 0.05) is 20.1 Å². The number of rotatable bonds is 3. The van der Waals surface area contributed by atoms with Crippen LogP contribution in [0, 0.1) is 5.41 Å². The average Bonchev–Trinajstić information content (AvgIpc) is 2.81. The third-order valence-electron chi connectivity index (χ3n) is 3.70. The van der Waals surface area contributed by atoms with E-state index in [0.29, 0.717) is 25.2 Å². The van der Waals surface area contributed by atoms with Crippen molar-refractivity contribution in [2.24, 2.45) is 12.5 Å². The summed E-state index contributed by atoms with van der Waals surface area (Å²) in [5.41, 5.74) is -0.861. The molecular formula is C12H19N5O3. The number of hydrogen-bond donors (Lipinski definition) is 2. The smallest absolute Gasteiger partial charge is 0.317 e. The number of aliphatic carboxylic acids is 1. The summed E-state index contributed by atoms with van der Waals surface area (Å²) >= 11 is 0. The second-order valence-electron chi connectivity index (χ2n) is 5.41. The van der Waals surface area contributed by atoms with Gasteiger partial charge in [0.05, 0.1) is 12.0 Å². The Balaban J connectivity index is 1.92. The summed E-state index contributed by atoms with van der Waals surface area (Å²) in [5.74, 6) is -0.209. The van der Waals surface area contributed by atoms with E-state index in [1.165, 1.54) is 0 Å². The SMILES string of the molecule is Cn1cnnc1CNC(=O)N1CCCC(C)(C(=O)O)C1. The Labute approximate surface area is 116 Å². The molecule has 8 heteroatoms. The molecule has 2 heterocycles. The van der Waals surface area contributed by atoms with Crippen LogP contribution in [0.1, 0.15) is 25.6 Å². The summed E-state index contributed by atoms with van der Waals surface area (Å²) in [6.07, 6.45) is 2.85. The molecule has 0 aromatic carbocycles. The lowest BCUT2D eigenvalue weighted by atomic mass is 9.82. The third kappa shape index (κ3) is 2.89. The number of nitrogens with zero attached hydrogens (tertiary/aromatic N) is 4. The Kier molecular flexibility index (Phi) is 3.91. The van der Waals surface area contributed by atoms with Crippen LogP contribution in [-0.2, 0) is 18.4 Å². The Hall–Kier alpha value is -2.12. The molecule has 0 bridgehead atoms. The fourth-order valence-electron chi connectivity index (χ4n) is 2.32. The highest BCUT2D eigenvalue weighted by atomic mass is 16.4. The fourth-order valence-corrected chi connectivity index (χ4v) is 2.32. The van der Waals surface area contributed by atoms with E-state index in [2.05, 4.69) is 15.5 Å². The third-order valence-corrected chi connectivity index (χ3v) is 3.70. The lowest BCUT2D eigenvalue weighted by Gasteiger charge is -2.37. The number of aryl methyl sites for hydroxylation is 1. The summed E-state index contributed by atoms with van der Waals surface area (Å²) < 4.78 is 1.72. The highest BCUT2D eigenvalue weighted by Crippen LogP contribution is 2.29. The van der Waals surface area contributed by atoms with Crippen LogP contribution in [0.5, 0.6) is 0 Å². The number of urea groups is 1. The molecule has 0 saturated carbocycles. The highest BCUT2D eigenvalue weighted by Gasteiger charge is 2.39. The van der Waals surface area contributed by atoms with E-state index in [1.807, 2.05) is 0 Å². The summed E-state index contributed by atoms with van der Waals surface area (Å²) in [6.45, 7) is 2.76. The molecule has 2 rings (SSSR count). The molecule has 0 spiro atoms. The maximum absolute atomic E-state index is 12.1. The number of carboxylic acid groups (broad SMARTS) is 1. The van der Waals surface area contributed by atoms with Crippen molar-refractivity contribution in [2.75, 3.05) is 13.1 Å². The van der Waals surface area contributed by atoms with Gasteiger partial charge in [0.1, 0.15) is 6.33 Å². The molecule has 0 aliphatic carbocycles. The lowest BCUT2D eigenvalue weighted by molar-refractivity contribution is -0.150. The van der Waals surface area contributed by atoms with E-state index < -0.39 is 11.4 Å². The molecule has 1 atom stereocenters. The van der Waals surface area contributed by atoms with Gasteiger partial charge in [-0.25, -0.2) is 4.79 Å². The first-order valence-electron chi connectivity index (χ1n) is 6.51.